The second kappa shape index (κ2) is 5.83. The van der Waals surface area contributed by atoms with E-state index in [9.17, 15) is 4.79 Å². The predicted molar refractivity (Wildman–Crippen MR) is 69.0 cm³/mol. The van der Waals surface area contributed by atoms with Crippen molar-refractivity contribution in [2.75, 3.05) is 20.7 Å². The lowest BCUT2D eigenvalue weighted by Crippen LogP contribution is -2.59. The molecule has 17 heavy (non-hydrogen) atoms. The number of esters is 1. The first-order chi connectivity index (χ1) is 7.94. The maximum atomic E-state index is 11.8. The number of likely N-dealkylation sites (N-methyl/N-ethyl adjacent to an activating group) is 1. The monoisotopic (exact) mass is 242 g/mol. The molecule has 0 aromatic rings. The van der Waals surface area contributed by atoms with Crippen molar-refractivity contribution in [1.82, 2.24) is 10.2 Å². The number of piperidine rings is 1. The molecule has 1 aliphatic rings. The van der Waals surface area contributed by atoms with Gasteiger partial charge < -0.3 is 10.1 Å². The van der Waals surface area contributed by atoms with Gasteiger partial charge in [-0.25, -0.2) is 0 Å². The van der Waals surface area contributed by atoms with Crippen molar-refractivity contribution < 1.29 is 9.53 Å². The Hall–Kier alpha value is -0.610. The smallest absolute Gasteiger partial charge is 0.327 e. The van der Waals surface area contributed by atoms with Crippen LogP contribution in [0, 0.1) is 0 Å². The lowest BCUT2D eigenvalue weighted by atomic mass is 9.93. The molecule has 0 spiro atoms. The number of rotatable bonds is 4. The number of carbonyl (C=O) groups excluding carboxylic acids is 1. The number of hydrogen-bond acceptors (Lipinski definition) is 4. The Morgan fingerprint density at radius 2 is 1.94 bits per heavy atom. The summed E-state index contributed by atoms with van der Waals surface area (Å²) in [4.78, 5) is 14.3. The Balaban J connectivity index is 2.75. The minimum Gasteiger partial charge on any atom is -0.468 e. The molecule has 0 amide bonds. The molecule has 1 rings (SSSR count). The average Bonchev–Trinajstić information content (AvgIpc) is 2.32. The van der Waals surface area contributed by atoms with E-state index in [1.807, 2.05) is 14.0 Å². The van der Waals surface area contributed by atoms with E-state index in [1.54, 1.807) is 0 Å². The first kappa shape index (κ1) is 14.5. The van der Waals surface area contributed by atoms with Crippen LogP contribution in [0.2, 0.25) is 0 Å². The third-order valence-electron chi connectivity index (χ3n) is 4.06. The highest BCUT2D eigenvalue weighted by atomic mass is 16.5. The summed E-state index contributed by atoms with van der Waals surface area (Å²) in [6, 6.07) is 1.08. The van der Waals surface area contributed by atoms with Gasteiger partial charge in [-0.15, -0.1) is 0 Å². The van der Waals surface area contributed by atoms with Gasteiger partial charge in [0, 0.05) is 18.6 Å². The van der Waals surface area contributed by atoms with Crippen LogP contribution in [0.5, 0.6) is 0 Å². The molecule has 1 heterocycles. The molecule has 1 N–H and O–H groups in total. The second-order valence-electron chi connectivity index (χ2n) is 5.37. The maximum absolute atomic E-state index is 11.8. The molecule has 4 nitrogen and oxygen atoms in total. The summed E-state index contributed by atoms with van der Waals surface area (Å²) in [5, 5.41) is 3.10. The number of hydrogen-bond donors (Lipinski definition) is 1. The molecule has 100 valence electrons. The molecule has 0 aromatic heterocycles. The van der Waals surface area contributed by atoms with Gasteiger partial charge in [-0.05, 0) is 40.7 Å². The van der Waals surface area contributed by atoms with Gasteiger partial charge in [0.2, 0.25) is 0 Å². The van der Waals surface area contributed by atoms with Crippen molar-refractivity contribution in [3.05, 3.63) is 0 Å². The summed E-state index contributed by atoms with van der Waals surface area (Å²) in [7, 11) is 3.26. The molecule has 0 aromatic carbocycles. The first-order valence-corrected chi connectivity index (χ1v) is 6.47. The summed E-state index contributed by atoms with van der Waals surface area (Å²) in [5.74, 6) is -0.190. The Morgan fingerprint density at radius 3 is 2.35 bits per heavy atom. The molecule has 0 saturated carbocycles. The average molecular weight is 242 g/mol. The van der Waals surface area contributed by atoms with E-state index >= 15 is 0 Å². The summed E-state index contributed by atoms with van der Waals surface area (Å²) >= 11 is 0. The molecule has 0 aliphatic carbocycles. The van der Waals surface area contributed by atoms with Gasteiger partial charge in [0.05, 0.1) is 7.11 Å². The largest absolute Gasteiger partial charge is 0.468 e. The van der Waals surface area contributed by atoms with Gasteiger partial charge in [-0.3, -0.25) is 9.69 Å². The highest BCUT2D eigenvalue weighted by Gasteiger charge is 2.38. The molecule has 4 heteroatoms. The van der Waals surface area contributed by atoms with E-state index in [4.69, 9.17) is 4.74 Å². The zero-order chi connectivity index (χ0) is 13.1. The molecule has 1 saturated heterocycles. The van der Waals surface area contributed by atoms with Crippen molar-refractivity contribution in [2.45, 2.75) is 57.7 Å². The van der Waals surface area contributed by atoms with Gasteiger partial charge in [-0.2, -0.15) is 0 Å². The summed E-state index contributed by atoms with van der Waals surface area (Å²) in [6.07, 6.45) is 3.71. The maximum Gasteiger partial charge on any atom is 0.327 e. The van der Waals surface area contributed by atoms with Crippen molar-refractivity contribution in [1.29, 1.82) is 0 Å². The lowest BCUT2D eigenvalue weighted by molar-refractivity contribution is -0.149. The first-order valence-electron chi connectivity index (χ1n) is 6.47. The van der Waals surface area contributed by atoms with Crippen LogP contribution in [0.1, 0.15) is 40.0 Å². The SMILES string of the molecule is CNC(C)(CN1C(C)CCCC1C)C(=O)OC. The Kier molecular flexibility index (Phi) is 4.95. The molecular formula is C13H26N2O2. The third kappa shape index (κ3) is 3.19. The minimum absolute atomic E-state index is 0.190. The zero-order valence-electron chi connectivity index (χ0n) is 11.7. The Bertz CT molecular complexity index is 260. The number of methoxy groups -OCH3 is 1. The Morgan fingerprint density at radius 1 is 1.41 bits per heavy atom. The third-order valence-corrected chi connectivity index (χ3v) is 4.06. The fourth-order valence-corrected chi connectivity index (χ4v) is 2.62. The van der Waals surface area contributed by atoms with E-state index in [0.717, 1.165) is 0 Å². The quantitative estimate of drug-likeness (QED) is 0.757. The highest BCUT2D eigenvalue weighted by Crippen LogP contribution is 2.24. The van der Waals surface area contributed by atoms with Crippen molar-refractivity contribution in [3.8, 4) is 0 Å². The molecule has 0 radical (unpaired) electrons. The van der Waals surface area contributed by atoms with Crippen molar-refractivity contribution in [2.24, 2.45) is 0 Å². The van der Waals surface area contributed by atoms with Gasteiger partial charge in [0.25, 0.3) is 0 Å². The van der Waals surface area contributed by atoms with Gasteiger partial charge in [0.1, 0.15) is 5.54 Å². The van der Waals surface area contributed by atoms with Crippen LogP contribution in [0.3, 0.4) is 0 Å². The van der Waals surface area contributed by atoms with Gasteiger partial charge in [-0.1, -0.05) is 6.42 Å². The standard InChI is InChI=1S/C13H26N2O2/c1-10-7-6-8-11(2)15(10)9-13(3,14-4)12(16)17-5/h10-11,14H,6-9H2,1-5H3. The fourth-order valence-electron chi connectivity index (χ4n) is 2.62. The van der Waals surface area contributed by atoms with E-state index in [1.165, 1.54) is 26.4 Å². The number of carbonyl (C=O) groups is 1. The predicted octanol–water partition coefficient (Wildman–Crippen LogP) is 1.40. The zero-order valence-corrected chi connectivity index (χ0v) is 11.7. The highest BCUT2D eigenvalue weighted by molar-refractivity contribution is 5.80. The molecular weight excluding hydrogens is 216 g/mol. The van der Waals surface area contributed by atoms with Crippen LogP contribution in [0.4, 0.5) is 0 Å². The van der Waals surface area contributed by atoms with Gasteiger partial charge in [0.15, 0.2) is 0 Å². The normalized spacial score (nSPS) is 29.7. The molecule has 3 unspecified atom stereocenters. The van der Waals surface area contributed by atoms with Crippen LogP contribution in [-0.4, -0.2) is 49.2 Å². The number of nitrogens with one attached hydrogen (secondary N) is 1. The van der Waals surface area contributed by atoms with Crippen LogP contribution in [0.15, 0.2) is 0 Å². The number of nitrogens with zero attached hydrogens (tertiary/aromatic N) is 1. The van der Waals surface area contributed by atoms with Gasteiger partial charge >= 0.3 is 5.97 Å². The van der Waals surface area contributed by atoms with Crippen LogP contribution in [0.25, 0.3) is 0 Å². The Labute approximate surface area is 105 Å². The van der Waals surface area contributed by atoms with Crippen LogP contribution in [-0.2, 0) is 9.53 Å². The number of ether oxygens (including phenoxy) is 1. The topological polar surface area (TPSA) is 41.6 Å². The lowest BCUT2D eigenvalue weighted by Gasteiger charge is -2.43. The van der Waals surface area contributed by atoms with Crippen molar-refractivity contribution in [3.63, 3.8) is 0 Å². The van der Waals surface area contributed by atoms with Crippen molar-refractivity contribution >= 4 is 5.97 Å². The second-order valence-corrected chi connectivity index (χ2v) is 5.37. The van der Waals surface area contributed by atoms with E-state index in [-0.39, 0.29) is 5.97 Å². The summed E-state index contributed by atoms with van der Waals surface area (Å²) in [5.41, 5.74) is -0.616. The fraction of sp³-hybridized carbons (Fsp3) is 0.923. The van der Waals surface area contributed by atoms with E-state index in [2.05, 4.69) is 24.1 Å². The molecule has 1 fully saturated rings. The minimum atomic E-state index is -0.616. The van der Waals surface area contributed by atoms with E-state index < -0.39 is 5.54 Å². The molecule has 1 aliphatic heterocycles. The molecule has 3 atom stereocenters. The number of likely N-dealkylation sites (tertiary alicyclic amines) is 1. The van der Waals surface area contributed by atoms with Crippen LogP contribution >= 0.6 is 0 Å². The molecule has 0 bridgehead atoms. The summed E-state index contributed by atoms with van der Waals surface area (Å²) < 4.78 is 4.89. The van der Waals surface area contributed by atoms with Crippen LogP contribution < -0.4 is 5.32 Å². The summed E-state index contributed by atoms with van der Waals surface area (Å²) in [6.45, 7) is 7.09. The van der Waals surface area contributed by atoms with E-state index in [0.29, 0.717) is 18.6 Å².